The van der Waals surface area contributed by atoms with E-state index in [0.717, 1.165) is 19.3 Å². The summed E-state index contributed by atoms with van der Waals surface area (Å²) in [6.45, 7) is 4.39. The molecule has 82 valence electrons. The molecule has 0 aliphatic carbocycles. The molecule has 0 saturated heterocycles. The molecule has 0 atom stereocenters. The van der Waals surface area contributed by atoms with Crippen LogP contribution in [0.25, 0.3) is 0 Å². The Labute approximate surface area is 87.0 Å². The van der Waals surface area contributed by atoms with Crippen LogP contribution >= 0.6 is 0 Å². The van der Waals surface area contributed by atoms with E-state index in [4.69, 9.17) is 5.11 Å². The second-order valence-electron chi connectivity index (χ2n) is 3.64. The van der Waals surface area contributed by atoms with Crippen molar-refractivity contribution < 1.29 is 9.90 Å². The largest absolute Gasteiger partial charge is 0.481 e. The molecular weight excluding hydrogens is 176 g/mol. The average Bonchev–Trinajstić information content (AvgIpc) is 2.16. The molecule has 0 radical (unpaired) electrons. The van der Waals surface area contributed by atoms with Crippen molar-refractivity contribution in [3.63, 3.8) is 0 Å². The van der Waals surface area contributed by atoms with E-state index in [-0.39, 0.29) is 0 Å². The molecule has 0 unspecified atom stereocenters. The fourth-order valence-electron chi connectivity index (χ4n) is 1.39. The lowest BCUT2D eigenvalue weighted by atomic mass is 10.0. The number of hydrogen-bond acceptors (Lipinski definition) is 1. The van der Waals surface area contributed by atoms with Gasteiger partial charge in [-0.15, -0.1) is 0 Å². The van der Waals surface area contributed by atoms with Gasteiger partial charge in [-0.05, 0) is 38.0 Å². The van der Waals surface area contributed by atoms with E-state index in [1.807, 2.05) is 0 Å². The van der Waals surface area contributed by atoms with E-state index >= 15 is 0 Å². The molecule has 0 aromatic rings. The van der Waals surface area contributed by atoms with E-state index in [2.05, 4.69) is 26.0 Å². The van der Waals surface area contributed by atoms with Gasteiger partial charge in [0, 0.05) is 6.42 Å². The van der Waals surface area contributed by atoms with Crippen LogP contribution in [0, 0.1) is 5.92 Å². The number of hydrogen-bond donors (Lipinski definition) is 1. The fourth-order valence-corrected chi connectivity index (χ4v) is 1.39. The highest BCUT2D eigenvalue weighted by Crippen LogP contribution is 2.10. The predicted molar refractivity (Wildman–Crippen MR) is 59.3 cm³/mol. The van der Waals surface area contributed by atoms with E-state index in [9.17, 15) is 4.79 Å². The highest BCUT2D eigenvalue weighted by atomic mass is 16.4. The molecule has 0 aromatic carbocycles. The van der Waals surface area contributed by atoms with Crippen molar-refractivity contribution in [2.75, 3.05) is 0 Å². The first-order valence-corrected chi connectivity index (χ1v) is 5.59. The standard InChI is InChI=1S/C12H22O2/c1-3-11(4-2)9-7-5-6-8-10-12(13)14/h7,9,11H,3-6,8,10H2,1-2H3,(H,13,14)/b9-7+. The summed E-state index contributed by atoms with van der Waals surface area (Å²) in [4.78, 5) is 10.2. The number of rotatable bonds is 8. The number of allylic oxidation sites excluding steroid dienone is 2. The number of carboxylic acid groups (broad SMARTS) is 1. The van der Waals surface area contributed by atoms with Gasteiger partial charge in [-0.2, -0.15) is 0 Å². The van der Waals surface area contributed by atoms with Crippen LogP contribution in [0.5, 0.6) is 0 Å². The summed E-state index contributed by atoms with van der Waals surface area (Å²) in [5, 5.41) is 8.42. The lowest BCUT2D eigenvalue weighted by molar-refractivity contribution is -0.137. The van der Waals surface area contributed by atoms with E-state index in [1.54, 1.807) is 0 Å². The molecule has 2 heteroatoms. The second-order valence-corrected chi connectivity index (χ2v) is 3.64. The lowest BCUT2D eigenvalue weighted by Crippen LogP contribution is -1.93. The number of carboxylic acids is 1. The van der Waals surface area contributed by atoms with Crippen LogP contribution in [0.4, 0.5) is 0 Å². The van der Waals surface area contributed by atoms with Crippen LogP contribution in [0.15, 0.2) is 12.2 Å². The van der Waals surface area contributed by atoms with Crippen LogP contribution in [0.3, 0.4) is 0 Å². The maximum absolute atomic E-state index is 10.2. The number of aliphatic carboxylic acids is 1. The van der Waals surface area contributed by atoms with Crippen LogP contribution in [-0.4, -0.2) is 11.1 Å². The Morgan fingerprint density at radius 1 is 1.29 bits per heavy atom. The van der Waals surface area contributed by atoms with E-state index in [1.165, 1.54) is 12.8 Å². The summed E-state index contributed by atoms with van der Waals surface area (Å²) in [6.07, 6.45) is 9.96. The molecular formula is C12H22O2. The van der Waals surface area contributed by atoms with Gasteiger partial charge in [0.1, 0.15) is 0 Å². The SMILES string of the molecule is CCC(/C=C/CCCCC(=O)O)CC. The molecule has 0 rings (SSSR count). The van der Waals surface area contributed by atoms with Gasteiger partial charge in [0.2, 0.25) is 0 Å². The molecule has 2 nitrogen and oxygen atoms in total. The maximum Gasteiger partial charge on any atom is 0.303 e. The zero-order valence-electron chi connectivity index (χ0n) is 9.33. The Kier molecular flexibility index (Phi) is 8.30. The average molecular weight is 198 g/mol. The van der Waals surface area contributed by atoms with Gasteiger partial charge < -0.3 is 5.11 Å². The highest BCUT2D eigenvalue weighted by molar-refractivity contribution is 5.66. The Bertz CT molecular complexity index is 169. The fraction of sp³-hybridized carbons (Fsp3) is 0.750. The third-order valence-electron chi connectivity index (χ3n) is 2.47. The van der Waals surface area contributed by atoms with Gasteiger partial charge in [-0.1, -0.05) is 26.0 Å². The molecule has 0 aromatic heterocycles. The summed E-state index contributed by atoms with van der Waals surface area (Å²) >= 11 is 0. The Balaban J connectivity index is 3.38. The van der Waals surface area contributed by atoms with Gasteiger partial charge >= 0.3 is 5.97 Å². The molecule has 0 spiro atoms. The van der Waals surface area contributed by atoms with Crippen molar-refractivity contribution in [3.8, 4) is 0 Å². The summed E-state index contributed by atoms with van der Waals surface area (Å²) in [6, 6.07) is 0. The minimum Gasteiger partial charge on any atom is -0.481 e. The van der Waals surface area contributed by atoms with Crippen molar-refractivity contribution >= 4 is 5.97 Å². The van der Waals surface area contributed by atoms with Crippen LogP contribution in [-0.2, 0) is 4.79 Å². The van der Waals surface area contributed by atoms with Gasteiger partial charge in [0.05, 0.1) is 0 Å². The monoisotopic (exact) mass is 198 g/mol. The molecule has 0 bridgehead atoms. The van der Waals surface area contributed by atoms with E-state index in [0.29, 0.717) is 12.3 Å². The normalized spacial score (nSPS) is 11.4. The van der Waals surface area contributed by atoms with E-state index < -0.39 is 5.97 Å². The smallest absolute Gasteiger partial charge is 0.303 e. The van der Waals surface area contributed by atoms with Crippen molar-refractivity contribution in [1.29, 1.82) is 0 Å². The van der Waals surface area contributed by atoms with Gasteiger partial charge in [0.25, 0.3) is 0 Å². The van der Waals surface area contributed by atoms with Crippen LogP contribution < -0.4 is 0 Å². The lowest BCUT2D eigenvalue weighted by Gasteiger charge is -2.04. The quantitative estimate of drug-likeness (QED) is 0.477. The van der Waals surface area contributed by atoms with Gasteiger partial charge in [0.15, 0.2) is 0 Å². The summed E-state index contributed by atoms with van der Waals surface area (Å²) < 4.78 is 0. The Morgan fingerprint density at radius 3 is 2.43 bits per heavy atom. The zero-order chi connectivity index (χ0) is 10.8. The van der Waals surface area contributed by atoms with Crippen molar-refractivity contribution in [1.82, 2.24) is 0 Å². The van der Waals surface area contributed by atoms with Crippen LogP contribution in [0.2, 0.25) is 0 Å². The molecule has 0 amide bonds. The predicted octanol–water partition coefficient (Wildman–Crippen LogP) is 3.62. The highest BCUT2D eigenvalue weighted by Gasteiger charge is 1.97. The zero-order valence-corrected chi connectivity index (χ0v) is 9.33. The summed E-state index contributed by atoms with van der Waals surface area (Å²) in [7, 11) is 0. The minimum absolute atomic E-state index is 0.304. The van der Waals surface area contributed by atoms with Crippen molar-refractivity contribution in [2.45, 2.75) is 52.4 Å². The maximum atomic E-state index is 10.2. The number of unbranched alkanes of at least 4 members (excludes halogenated alkanes) is 2. The molecule has 1 N–H and O–H groups in total. The molecule has 0 heterocycles. The first-order valence-electron chi connectivity index (χ1n) is 5.59. The summed E-state index contributed by atoms with van der Waals surface area (Å²) in [5.41, 5.74) is 0. The molecule has 0 saturated carbocycles. The number of carbonyl (C=O) groups is 1. The third-order valence-corrected chi connectivity index (χ3v) is 2.47. The first-order chi connectivity index (χ1) is 6.70. The topological polar surface area (TPSA) is 37.3 Å². The summed E-state index contributed by atoms with van der Waals surface area (Å²) in [5.74, 6) is 0.0171. The molecule has 0 aliphatic rings. The van der Waals surface area contributed by atoms with Crippen LogP contribution in [0.1, 0.15) is 52.4 Å². The molecule has 0 aliphatic heterocycles. The minimum atomic E-state index is -0.686. The Hall–Kier alpha value is -0.790. The van der Waals surface area contributed by atoms with Gasteiger partial charge in [-0.25, -0.2) is 0 Å². The van der Waals surface area contributed by atoms with Crippen molar-refractivity contribution in [2.24, 2.45) is 5.92 Å². The molecule has 14 heavy (non-hydrogen) atoms. The molecule has 0 fully saturated rings. The Morgan fingerprint density at radius 2 is 1.93 bits per heavy atom. The second kappa shape index (κ2) is 8.79. The van der Waals surface area contributed by atoms with Crippen molar-refractivity contribution in [3.05, 3.63) is 12.2 Å². The van der Waals surface area contributed by atoms with Gasteiger partial charge in [-0.3, -0.25) is 4.79 Å². The third kappa shape index (κ3) is 7.84. The first kappa shape index (κ1) is 13.2.